The molecular weight excluding hydrogens is 448 g/mol. The predicted molar refractivity (Wildman–Crippen MR) is 142 cm³/mol. The molecule has 0 unspecified atom stereocenters. The van der Waals surface area contributed by atoms with Crippen molar-refractivity contribution in [1.82, 2.24) is 0 Å². The SMILES string of the molecule is CCCCCCc1cc(SC)cc(C(=O)OC(=O)c2cc(CCCCCC)cc(SC)c2)c1. The Morgan fingerprint density at radius 3 is 1.42 bits per heavy atom. The Morgan fingerprint density at radius 1 is 0.636 bits per heavy atom. The largest absolute Gasteiger partial charge is 0.386 e. The first-order valence-corrected chi connectivity index (χ1v) is 14.6. The highest BCUT2D eigenvalue weighted by Crippen LogP contribution is 2.24. The molecule has 2 aromatic carbocycles. The molecule has 0 N–H and O–H groups in total. The van der Waals surface area contributed by atoms with Crippen LogP contribution >= 0.6 is 23.5 Å². The molecule has 3 nitrogen and oxygen atoms in total. The third-order valence-corrected chi connectivity index (χ3v) is 7.11. The first kappa shape index (κ1) is 27.5. The van der Waals surface area contributed by atoms with Crippen molar-refractivity contribution in [3.05, 3.63) is 58.7 Å². The van der Waals surface area contributed by atoms with Gasteiger partial charge in [0.2, 0.25) is 0 Å². The average Bonchev–Trinajstić information content (AvgIpc) is 2.84. The van der Waals surface area contributed by atoms with Crippen LogP contribution in [0.2, 0.25) is 0 Å². The maximum Gasteiger partial charge on any atom is 0.346 e. The van der Waals surface area contributed by atoms with Gasteiger partial charge in [0.25, 0.3) is 0 Å². The number of carbonyl (C=O) groups excluding carboxylic acids is 2. The minimum atomic E-state index is -0.579. The van der Waals surface area contributed by atoms with Gasteiger partial charge in [-0.05, 0) is 85.7 Å². The van der Waals surface area contributed by atoms with Gasteiger partial charge in [-0.1, -0.05) is 52.4 Å². The smallest absolute Gasteiger partial charge is 0.346 e. The van der Waals surface area contributed by atoms with E-state index in [4.69, 9.17) is 4.74 Å². The van der Waals surface area contributed by atoms with E-state index in [-0.39, 0.29) is 0 Å². The molecule has 0 atom stereocenters. The van der Waals surface area contributed by atoms with Crippen LogP contribution in [0.25, 0.3) is 0 Å². The monoisotopic (exact) mass is 486 g/mol. The Morgan fingerprint density at radius 2 is 1.06 bits per heavy atom. The first-order chi connectivity index (χ1) is 16.0. The number of hydrogen-bond acceptors (Lipinski definition) is 5. The summed E-state index contributed by atoms with van der Waals surface area (Å²) in [6, 6.07) is 11.6. The van der Waals surface area contributed by atoms with Crippen LogP contribution in [0.1, 0.15) is 97.1 Å². The highest BCUT2D eigenvalue weighted by atomic mass is 32.2. The van der Waals surface area contributed by atoms with E-state index >= 15 is 0 Å². The molecule has 0 heterocycles. The molecule has 0 saturated heterocycles. The van der Waals surface area contributed by atoms with E-state index in [0.717, 1.165) is 46.6 Å². The summed E-state index contributed by atoms with van der Waals surface area (Å²) in [6.07, 6.45) is 15.3. The lowest BCUT2D eigenvalue weighted by Gasteiger charge is -2.10. The Bertz CT molecular complexity index is 835. The van der Waals surface area contributed by atoms with Crippen LogP contribution in [0.5, 0.6) is 0 Å². The summed E-state index contributed by atoms with van der Waals surface area (Å²) in [5, 5.41) is 0. The van der Waals surface area contributed by atoms with Gasteiger partial charge >= 0.3 is 11.9 Å². The highest BCUT2D eigenvalue weighted by Gasteiger charge is 2.18. The Balaban J connectivity index is 2.11. The molecule has 0 amide bonds. The highest BCUT2D eigenvalue weighted by molar-refractivity contribution is 7.98. The number of esters is 2. The minimum absolute atomic E-state index is 0.446. The number of rotatable bonds is 14. The fourth-order valence-corrected chi connectivity index (χ4v) is 4.82. The van der Waals surface area contributed by atoms with Crippen LogP contribution in [0.15, 0.2) is 46.2 Å². The van der Waals surface area contributed by atoms with Crippen molar-refractivity contribution < 1.29 is 14.3 Å². The van der Waals surface area contributed by atoms with Gasteiger partial charge in [0.05, 0.1) is 11.1 Å². The lowest BCUT2D eigenvalue weighted by molar-refractivity contribution is 0.0397. The number of benzene rings is 2. The first-order valence-electron chi connectivity index (χ1n) is 12.1. The molecule has 0 aliphatic rings. The second kappa shape index (κ2) is 15.2. The molecule has 0 spiro atoms. The number of hydrogen-bond donors (Lipinski definition) is 0. The quantitative estimate of drug-likeness (QED) is 0.116. The number of thioether (sulfide) groups is 2. The lowest BCUT2D eigenvalue weighted by Crippen LogP contribution is -2.14. The molecule has 0 aliphatic carbocycles. The van der Waals surface area contributed by atoms with E-state index in [1.54, 1.807) is 23.5 Å². The molecule has 0 fully saturated rings. The van der Waals surface area contributed by atoms with Crippen molar-refractivity contribution in [2.45, 2.75) is 87.8 Å². The van der Waals surface area contributed by atoms with Crippen LogP contribution < -0.4 is 0 Å². The van der Waals surface area contributed by atoms with Gasteiger partial charge in [0.1, 0.15) is 0 Å². The second-order valence-electron chi connectivity index (χ2n) is 8.44. The topological polar surface area (TPSA) is 43.4 Å². The van der Waals surface area contributed by atoms with Crippen LogP contribution in [0.3, 0.4) is 0 Å². The summed E-state index contributed by atoms with van der Waals surface area (Å²) in [5.74, 6) is -1.16. The lowest BCUT2D eigenvalue weighted by atomic mass is 10.0. The molecular formula is C28H38O3S2. The maximum atomic E-state index is 12.9. The van der Waals surface area contributed by atoms with E-state index < -0.39 is 11.9 Å². The zero-order chi connectivity index (χ0) is 24.1. The third-order valence-electron chi connectivity index (χ3n) is 5.70. The summed E-state index contributed by atoms with van der Waals surface area (Å²) in [4.78, 5) is 27.7. The van der Waals surface area contributed by atoms with Gasteiger partial charge in [0, 0.05) is 9.79 Å². The number of aryl methyl sites for hydroxylation is 2. The number of unbranched alkanes of at least 4 members (excludes halogenated alkanes) is 6. The molecule has 0 bridgehead atoms. The second-order valence-corrected chi connectivity index (χ2v) is 10.2. The van der Waals surface area contributed by atoms with Gasteiger partial charge in [-0.3, -0.25) is 0 Å². The van der Waals surface area contributed by atoms with E-state index in [9.17, 15) is 9.59 Å². The Hall–Kier alpha value is -1.72. The number of carbonyl (C=O) groups is 2. The molecule has 0 aliphatic heterocycles. The van der Waals surface area contributed by atoms with E-state index in [1.165, 1.54) is 38.5 Å². The summed E-state index contributed by atoms with van der Waals surface area (Å²) in [5.41, 5.74) is 3.13. The minimum Gasteiger partial charge on any atom is -0.386 e. The Kier molecular flexibility index (Phi) is 12.7. The van der Waals surface area contributed by atoms with Crippen LogP contribution in [0, 0.1) is 0 Å². The molecule has 0 saturated carbocycles. The third kappa shape index (κ3) is 9.58. The molecule has 5 heteroatoms. The van der Waals surface area contributed by atoms with Gasteiger partial charge < -0.3 is 4.74 Å². The van der Waals surface area contributed by atoms with Gasteiger partial charge in [-0.25, -0.2) is 9.59 Å². The molecule has 2 rings (SSSR count). The maximum absolute atomic E-state index is 12.9. The Labute approximate surface area is 208 Å². The fourth-order valence-electron chi connectivity index (χ4n) is 3.80. The summed E-state index contributed by atoms with van der Waals surface area (Å²) < 4.78 is 5.32. The van der Waals surface area contributed by atoms with Crippen molar-refractivity contribution in [3.8, 4) is 0 Å². The normalized spacial score (nSPS) is 10.9. The van der Waals surface area contributed by atoms with Gasteiger partial charge in [0.15, 0.2) is 0 Å². The number of ether oxygens (including phenoxy) is 1. The molecule has 33 heavy (non-hydrogen) atoms. The average molecular weight is 487 g/mol. The van der Waals surface area contributed by atoms with E-state index in [1.807, 2.05) is 36.8 Å². The zero-order valence-electron chi connectivity index (χ0n) is 20.6. The molecule has 180 valence electrons. The molecule has 0 aromatic heterocycles. The zero-order valence-corrected chi connectivity index (χ0v) is 22.2. The summed E-state index contributed by atoms with van der Waals surface area (Å²) in [6.45, 7) is 4.40. The fraction of sp³-hybridized carbons (Fsp3) is 0.500. The van der Waals surface area contributed by atoms with E-state index in [2.05, 4.69) is 26.0 Å². The van der Waals surface area contributed by atoms with Crippen molar-refractivity contribution in [2.75, 3.05) is 12.5 Å². The molecule has 0 radical (unpaired) electrons. The standard InChI is InChI=1S/C28H38O3S2/c1-5-7-9-11-13-21-15-23(19-25(17-21)32-3)27(29)31-28(30)24-16-22(14-12-10-8-6-2)18-26(20-24)33-4/h15-20H,5-14H2,1-4H3. The molecule has 2 aromatic rings. The van der Waals surface area contributed by atoms with Crippen LogP contribution in [0.4, 0.5) is 0 Å². The van der Waals surface area contributed by atoms with Crippen molar-refractivity contribution >= 4 is 35.5 Å². The van der Waals surface area contributed by atoms with Gasteiger partial charge in [-0.15, -0.1) is 23.5 Å². The predicted octanol–water partition coefficient (Wildman–Crippen LogP) is 8.37. The van der Waals surface area contributed by atoms with Crippen molar-refractivity contribution in [1.29, 1.82) is 0 Å². The van der Waals surface area contributed by atoms with Crippen molar-refractivity contribution in [2.24, 2.45) is 0 Å². The van der Waals surface area contributed by atoms with Gasteiger partial charge in [-0.2, -0.15) is 0 Å². The summed E-state index contributed by atoms with van der Waals surface area (Å²) in [7, 11) is 0. The van der Waals surface area contributed by atoms with Crippen LogP contribution in [-0.4, -0.2) is 24.5 Å². The van der Waals surface area contributed by atoms with E-state index in [0.29, 0.717) is 11.1 Å². The van der Waals surface area contributed by atoms with Crippen molar-refractivity contribution in [3.63, 3.8) is 0 Å². The van der Waals surface area contributed by atoms with Crippen LogP contribution in [-0.2, 0) is 17.6 Å². The summed E-state index contributed by atoms with van der Waals surface area (Å²) >= 11 is 3.19.